The summed E-state index contributed by atoms with van der Waals surface area (Å²) in [6.07, 6.45) is 0. The zero-order valence-corrected chi connectivity index (χ0v) is 12.6. The van der Waals surface area contributed by atoms with Crippen molar-refractivity contribution in [2.45, 2.75) is 33.2 Å². The number of benzene rings is 1. The SMILES string of the molecule is CCNC(C)(C)C(=O)Nc1cc(Br)c(F)cc1C. The zero-order valence-electron chi connectivity index (χ0n) is 11.0. The summed E-state index contributed by atoms with van der Waals surface area (Å²) < 4.78 is 13.6. The van der Waals surface area contributed by atoms with Gasteiger partial charge in [-0.15, -0.1) is 0 Å². The minimum absolute atomic E-state index is 0.147. The number of likely N-dealkylation sites (N-methyl/N-ethyl adjacent to an activating group) is 1. The smallest absolute Gasteiger partial charge is 0.244 e. The van der Waals surface area contributed by atoms with Crippen LogP contribution in [0.2, 0.25) is 0 Å². The molecule has 0 spiro atoms. The van der Waals surface area contributed by atoms with E-state index in [1.54, 1.807) is 26.8 Å². The average molecular weight is 317 g/mol. The monoisotopic (exact) mass is 316 g/mol. The molecule has 1 aromatic rings. The van der Waals surface area contributed by atoms with E-state index in [0.717, 1.165) is 0 Å². The Labute approximate surface area is 115 Å². The lowest BCUT2D eigenvalue weighted by Crippen LogP contribution is -2.49. The molecule has 0 aliphatic rings. The number of nitrogens with one attached hydrogen (secondary N) is 2. The molecule has 0 aromatic heterocycles. The van der Waals surface area contributed by atoms with Crippen molar-refractivity contribution < 1.29 is 9.18 Å². The van der Waals surface area contributed by atoms with Gasteiger partial charge in [0, 0.05) is 5.69 Å². The van der Waals surface area contributed by atoms with Gasteiger partial charge in [0.1, 0.15) is 5.82 Å². The number of anilines is 1. The second-order valence-corrected chi connectivity index (χ2v) is 5.55. The fraction of sp³-hybridized carbons (Fsp3) is 0.462. The number of amides is 1. The molecule has 0 aliphatic heterocycles. The standard InChI is InChI=1S/C13H18BrFN2O/c1-5-16-13(3,4)12(18)17-11-7-9(14)10(15)6-8(11)2/h6-7,16H,5H2,1-4H3,(H,17,18). The molecule has 5 heteroatoms. The number of hydrogen-bond donors (Lipinski definition) is 2. The number of carbonyl (C=O) groups is 1. The first-order chi connectivity index (χ1) is 8.27. The molecule has 0 unspecified atom stereocenters. The van der Waals surface area contributed by atoms with E-state index in [-0.39, 0.29) is 11.7 Å². The molecule has 0 saturated carbocycles. The van der Waals surface area contributed by atoms with E-state index in [4.69, 9.17) is 0 Å². The van der Waals surface area contributed by atoms with E-state index in [9.17, 15) is 9.18 Å². The molecule has 100 valence electrons. The Kier molecular flexibility index (Phi) is 4.87. The molecule has 0 radical (unpaired) electrons. The Hall–Kier alpha value is -0.940. The van der Waals surface area contributed by atoms with Crippen molar-refractivity contribution in [3.63, 3.8) is 0 Å². The first kappa shape index (κ1) is 15.1. The Balaban J connectivity index is 2.92. The van der Waals surface area contributed by atoms with Crippen molar-refractivity contribution in [2.24, 2.45) is 0 Å². The molecule has 3 nitrogen and oxygen atoms in total. The van der Waals surface area contributed by atoms with Gasteiger partial charge in [-0.05, 0) is 60.9 Å². The van der Waals surface area contributed by atoms with Gasteiger partial charge in [0.15, 0.2) is 0 Å². The molecule has 1 aromatic carbocycles. The van der Waals surface area contributed by atoms with Gasteiger partial charge in [-0.25, -0.2) is 4.39 Å². The lowest BCUT2D eigenvalue weighted by Gasteiger charge is -2.25. The van der Waals surface area contributed by atoms with Crippen LogP contribution in [0.1, 0.15) is 26.3 Å². The Morgan fingerprint density at radius 1 is 1.44 bits per heavy atom. The minimum Gasteiger partial charge on any atom is -0.324 e. The van der Waals surface area contributed by atoms with Crippen molar-refractivity contribution >= 4 is 27.5 Å². The number of carbonyl (C=O) groups excluding carboxylic acids is 1. The summed E-state index contributed by atoms with van der Waals surface area (Å²) in [4.78, 5) is 12.1. The maximum atomic E-state index is 13.3. The summed E-state index contributed by atoms with van der Waals surface area (Å²) in [5.41, 5.74) is 0.637. The summed E-state index contributed by atoms with van der Waals surface area (Å²) in [6, 6.07) is 2.96. The van der Waals surface area contributed by atoms with Crippen LogP contribution in [0.25, 0.3) is 0 Å². The molecule has 0 aliphatic carbocycles. The molecular weight excluding hydrogens is 299 g/mol. The molecule has 18 heavy (non-hydrogen) atoms. The number of aryl methyl sites for hydroxylation is 1. The quantitative estimate of drug-likeness (QED) is 0.895. The third-order valence-electron chi connectivity index (χ3n) is 2.70. The van der Waals surface area contributed by atoms with Gasteiger partial charge in [0.2, 0.25) is 5.91 Å². The van der Waals surface area contributed by atoms with Gasteiger partial charge in [-0.1, -0.05) is 6.92 Å². The topological polar surface area (TPSA) is 41.1 Å². The van der Waals surface area contributed by atoms with Crippen molar-refractivity contribution in [1.29, 1.82) is 0 Å². The lowest BCUT2D eigenvalue weighted by molar-refractivity contribution is -0.121. The van der Waals surface area contributed by atoms with Crippen LogP contribution in [0.15, 0.2) is 16.6 Å². The first-order valence-corrected chi connectivity index (χ1v) is 6.59. The molecule has 0 atom stereocenters. The summed E-state index contributed by atoms with van der Waals surface area (Å²) >= 11 is 3.11. The van der Waals surface area contributed by atoms with E-state index < -0.39 is 5.54 Å². The molecule has 2 N–H and O–H groups in total. The normalized spacial score (nSPS) is 11.4. The van der Waals surface area contributed by atoms with Crippen molar-refractivity contribution in [3.8, 4) is 0 Å². The second-order valence-electron chi connectivity index (χ2n) is 4.69. The maximum Gasteiger partial charge on any atom is 0.244 e. The van der Waals surface area contributed by atoms with Crippen molar-refractivity contribution in [3.05, 3.63) is 28.0 Å². The molecule has 0 fully saturated rings. The summed E-state index contributed by atoms with van der Waals surface area (Å²) in [5.74, 6) is -0.484. The van der Waals surface area contributed by atoms with Crippen LogP contribution in [0.3, 0.4) is 0 Å². The molecule has 1 amide bonds. The van der Waals surface area contributed by atoms with Crippen molar-refractivity contribution in [1.82, 2.24) is 5.32 Å². The van der Waals surface area contributed by atoms with Crippen LogP contribution in [-0.4, -0.2) is 18.0 Å². The highest BCUT2D eigenvalue weighted by atomic mass is 79.9. The lowest BCUT2D eigenvalue weighted by atomic mass is 10.0. The minimum atomic E-state index is -0.665. The summed E-state index contributed by atoms with van der Waals surface area (Å²) in [7, 11) is 0. The number of hydrogen-bond acceptors (Lipinski definition) is 2. The average Bonchev–Trinajstić information content (AvgIpc) is 2.25. The van der Waals surface area contributed by atoms with E-state index in [0.29, 0.717) is 22.3 Å². The highest BCUT2D eigenvalue weighted by molar-refractivity contribution is 9.10. The third-order valence-corrected chi connectivity index (χ3v) is 3.31. The highest BCUT2D eigenvalue weighted by Crippen LogP contribution is 2.24. The van der Waals surface area contributed by atoms with Gasteiger partial charge in [0.25, 0.3) is 0 Å². The zero-order chi connectivity index (χ0) is 13.9. The van der Waals surface area contributed by atoms with Crippen LogP contribution in [0.5, 0.6) is 0 Å². The van der Waals surface area contributed by atoms with Gasteiger partial charge < -0.3 is 10.6 Å². The molecular formula is C13H18BrFN2O. The van der Waals surface area contributed by atoms with Gasteiger partial charge in [-0.3, -0.25) is 4.79 Å². The van der Waals surface area contributed by atoms with E-state index >= 15 is 0 Å². The molecule has 0 saturated heterocycles. The summed E-state index contributed by atoms with van der Waals surface area (Å²) in [6.45, 7) is 8.01. The summed E-state index contributed by atoms with van der Waals surface area (Å²) in [5, 5.41) is 5.89. The van der Waals surface area contributed by atoms with Crippen molar-refractivity contribution in [2.75, 3.05) is 11.9 Å². The van der Waals surface area contributed by atoms with Gasteiger partial charge >= 0.3 is 0 Å². The van der Waals surface area contributed by atoms with Crippen LogP contribution in [0, 0.1) is 12.7 Å². The van der Waals surface area contributed by atoms with E-state index in [1.807, 2.05) is 6.92 Å². The van der Waals surface area contributed by atoms with Gasteiger partial charge in [-0.2, -0.15) is 0 Å². The van der Waals surface area contributed by atoms with Crippen LogP contribution < -0.4 is 10.6 Å². The fourth-order valence-electron chi connectivity index (χ4n) is 1.58. The Morgan fingerprint density at radius 3 is 2.61 bits per heavy atom. The number of halogens is 2. The second kappa shape index (κ2) is 5.80. The molecule has 0 heterocycles. The van der Waals surface area contributed by atoms with E-state index in [2.05, 4.69) is 26.6 Å². The van der Waals surface area contributed by atoms with Gasteiger partial charge in [0.05, 0.1) is 10.0 Å². The number of rotatable bonds is 4. The maximum absolute atomic E-state index is 13.3. The third kappa shape index (κ3) is 3.53. The van der Waals surface area contributed by atoms with Crippen LogP contribution in [-0.2, 0) is 4.79 Å². The highest BCUT2D eigenvalue weighted by Gasteiger charge is 2.26. The Morgan fingerprint density at radius 2 is 2.06 bits per heavy atom. The Bertz CT molecular complexity index is 461. The van der Waals surface area contributed by atoms with E-state index in [1.165, 1.54) is 6.07 Å². The fourth-order valence-corrected chi connectivity index (χ4v) is 1.93. The first-order valence-electron chi connectivity index (χ1n) is 5.80. The molecule has 0 bridgehead atoms. The predicted molar refractivity (Wildman–Crippen MR) is 75.2 cm³/mol. The predicted octanol–water partition coefficient (Wildman–Crippen LogP) is 3.22. The van der Waals surface area contributed by atoms with Crippen LogP contribution in [0.4, 0.5) is 10.1 Å². The largest absolute Gasteiger partial charge is 0.324 e. The molecule has 1 rings (SSSR count). The van der Waals surface area contributed by atoms with Crippen LogP contribution >= 0.6 is 15.9 Å².